The predicted molar refractivity (Wildman–Crippen MR) is 87.8 cm³/mol. The van der Waals surface area contributed by atoms with Crippen molar-refractivity contribution in [2.75, 3.05) is 6.54 Å². The number of hydrogen-bond donors (Lipinski definition) is 1. The van der Waals surface area contributed by atoms with E-state index in [9.17, 15) is 9.18 Å². The third-order valence-electron chi connectivity index (χ3n) is 3.46. The summed E-state index contributed by atoms with van der Waals surface area (Å²) in [6.45, 7) is 2.64. The van der Waals surface area contributed by atoms with Crippen LogP contribution >= 0.6 is 0 Å². The van der Waals surface area contributed by atoms with Crippen molar-refractivity contribution in [3.8, 4) is 22.8 Å². The number of rotatable bonds is 5. The Bertz CT molecular complexity index is 826. The van der Waals surface area contributed by atoms with E-state index in [2.05, 4.69) is 15.5 Å². The maximum Gasteiger partial charge on any atom is 0.258 e. The number of aromatic nitrogens is 2. The molecule has 1 heterocycles. The second kappa shape index (κ2) is 7.04. The molecule has 3 aromatic rings. The summed E-state index contributed by atoms with van der Waals surface area (Å²) >= 11 is 0. The number of benzene rings is 2. The predicted octanol–water partition coefficient (Wildman–Crippen LogP) is 3.68. The van der Waals surface area contributed by atoms with Crippen LogP contribution in [0.1, 0.15) is 23.7 Å². The van der Waals surface area contributed by atoms with Crippen LogP contribution in [-0.4, -0.2) is 22.6 Å². The first-order chi connectivity index (χ1) is 11.7. The molecule has 0 bridgehead atoms. The van der Waals surface area contributed by atoms with Gasteiger partial charge in [-0.15, -0.1) is 0 Å². The Morgan fingerprint density at radius 2 is 1.75 bits per heavy atom. The Hall–Kier alpha value is -3.02. The van der Waals surface area contributed by atoms with E-state index in [-0.39, 0.29) is 11.7 Å². The van der Waals surface area contributed by atoms with Crippen LogP contribution in [0, 0.1) is 5.82 Å². The molecule has 1 aromatic heterocycles. The van der Waals surface area contributed by atoms with Crippen LogP contribution in [0.25, 0.3) is 22.8 Å². The number of amides is 1. The summed E-state index contributed by atoms with van der Waals surface area (Å²) in [6, 6.07) is 12.8. The number of carbonyl (C=O) groups excluding carboxylic acids is 1. The zero-order valence-electron chi connectivity index (χ0n) is 13.1. The highest BCUT2D eigenvalue weighted by Gasteiger charge is 2.12. The molecule has 122 valence electrons. The zero-order valence-corrected chi connectivity index (χ0v) is 13.1. The molecule has 6 heteroatoms. The number of nitrogens with one attached hydrogen (secondary N) is 1. The normalized spacial score (nSPS) is 10.6. The van der Waals surface area contributed by atoms with Crippen molar-refractivity contribution >= 4 is 5.91 Å². The maximum absolute atomic E-state index is 13.0. The summed E-state index contributed by atoms with van der Waals surface area (Å²) < 4.78 is 18.2. The number of nitrogens with zero attached hydrogens (tertiary/aromatic N) is 2. The lowest BCUT2D eigenvalue weighted by Crippen LogP contribution is -2.23. The minimum atomic E-state index is -0.320. The van der Waals surface area contributed by atoms with E-state index in [0.717, 1.165) is 6.42 Å². The van der Waals surface area contributed by atoms with Gasteiger partial charge in [-0.25, -0.2) is 4.39 Å². The zero-order chi connectivity index (χ0) is 16.9. The monoisotopic (exact) mass is 325 g/mol. The van der Waals surface area contributed by atoms with E-state index >= 15 is 0 Å². The van der Waals surface area contributed by atoms with Crippen molar-refractivity contribution in [1.82, 2.24) is 15.5 Å². The molecule has 0 aliphatic rings. The second-order valence-corrected chi connectivity index (χ2v) is 5.26. The van der Waals surface area contributed by atoms with Crippen LogP contribution in [0.15, 0.2) is 53.1 Å². The summed E-state index contributed by atoms with van der Waals surface area (Å²) in [5, 5.41) is 6.72. The van der Waals surface area contributed by atoms with Gasteiger partial charge in [0, 0.05) is 23.2 Å². The van der Waals surface area contributed by atoms with Crippen LogP contribution in [0.3, 0.4) is 0 Å². The van der Waals surface area contributed by atoms with Crippen molar-refractivity contribution in [3.63, 3.8) is 0 Å². The number of carbonyl (C=O) groups is 1. The van der Waals surface area contributed by atoms with E-state index in [0.29, 0.717) is 35.0 Å². The Labute approximate surface area is 138 Å². The standard InChI is InChI=1S/C18H16FN3O2/c1-2-11-20-17(23)13-3-5-14(6-4-13)18-21-16(22-24-18)12-7-9-15(19)10-8-12/h3-10H,2,11H2,1H3,(H,20,23). The van der Waals surface area contributed by atoms with Gasteiger partial charge in [0.2, 0.25) is 5.82 Å². The van der Waals surface area contributed by atoms with Gasteiger partial charge in [0.25, 0.3) is 11.8 Å². The average molecular weight is 325 g/mol. The maximum atomic E-state index is 13.0. The minimum absolute atomic E-state index is 0.110. The lowest BCUT2D eigenvalue weighted by atomic mass is 10.1. The largest absolute Gasteiger partial charge is 0.352 e. The second-order valence-electron chi connectivity index (χ2n) is 5.26. The molecule has 0 fully saturated rings. The van der Waals surface area contributed by atoms with Crippen LogP contribution in [0.2, 0.25) is 0 Å². The molecule has 0 unspecified atom stereocenters. The van der Waals surface area contributed by atoms with Gasteiger partial charge < -0.3 is 9.84 Å². The highest BCUT2D eigenvalue weighted by Crippen LogP contribution is 2.22. The lowest BCUT2D eigenvalue weighted by molar-refractivity contribution is 0.0953. The Kier molecular flexibility index (Phi) is 4.65. The van der Waals surface area contributed by atoms with Crippen LogP contribution < -0.4 is 5.32 Å². The molecule has 1 amide bonds. The molecule has 0 aliphatic heterocycles. The molecule has 0 saturated heterocycles. The van der Waals surface area contributed by atoms with Crippen molar-refractivity contribution in [2.45, 2.75) is 13.3 Å². The van der Waals surface area contributed by atoms with E-state index in [1.165, 1.54) is 12.1 Å². The van der Waals surface area contributed by atoms with E-state index < -0.39 is 0 Å². The van der Waals surface area contributed by atoms with Gasteiger partial charge in [-0.05, 0) is 55.0 Å². The first kappa shape index (κ1) is 15.9. The average Bonchev–Trinajstić information content (AvgIpc) is 3.10. The third kappa shape index (κ3) is 3.48. The summed E-state index contributed by atoms with van der Waals surface area (Å²) in [7, 11) is 0. The van der Waals surface area contributed by atoms with Gasteiger partial charge in [-0.1, -0.05) is 12.1 Å². The first-order valence-electron chi connectivity index (χ1n) is 7.65. The molecule has 0 saturated carbocycles. The number of hydrogen-bond acceptors (Lipinski definition) is 4. The van der Waals surface area contributed by atoms with Gasteiger partial charge in [0.15, 0.2) is 0 Å². The molecule has 3 rings (SSSR count). The fourth-order valence-electron chi connectivity index (χ4n) is 2.16. The smallest absolute Gasteiger partial charge is 0.258 e. The fourth-order valence-corrected chi connectivity index (χ4v) is 2.16. The van der Waals surface area contributed by atoms with E-state index in [4.69, 9.17) is 4.52 Å². The molecule has 0 aliphatic carbocycles. The third-order valence-corrected chi connectivity index (χ3v) is 3.46. The Balaban J connectivity index is 1.78. The SMILES string of the molecule is CCCNC(=O)c1ccc(-c2nc(-c3ccc(F)cc3)no2)cc1. The lowest BCUT2D eigenvalue weighted by Gasteiger charge is -2.03. The molecule has 24 heavy (non-hydrogen) atoms. The Morgan fingerprint density at radius 3 is 2.42 bits per heavy atom. The van der Waals surface area contributed by atoms with Gasteiger partial charge in [-0.2, -0.15) is 4.98 Å². The molecule has 0 radical (unpaired) electrons. The molecular weight excluding hydrogens is 309 g/mol. The molecule has 2 aromatic carbocycles. The van der Waals surface area contributed by atoms with Gasteiger partial charge in [-0.3, -0.25) is 4.79 Å². The molecular formula is C18H16FN3O2. The van der Waals surface area contributed by atoms with Crippen LogP contribution in [-0.2, 0) is 0 Å². The van der Waals surface area contributed by atoms with Crippen LogP contribution in [0.5, 0.6) is 0 Å². The minimum Gasteiger partial charge on any atom is -0.352 e. The fraction of sp³-hybridized carbons (Fsp3) is 0.167. The summed E-state index contributed by atoms with van der Waals surface area (Å²) in [5.41, 5.74) is 1.95. The Morgan fingerprint density at radius 1 is 1.08 bits per heavy atom. The molecule has 0 spiro atoms. The van der Waals surface area contributed by atoms with E-state index in [1.807, 2.05) is 6.92 Å². The first-order valence-corrected chi connectivity index (χ1v) is 7.65. The van der Waals surface area contributed by atoms with E-state index in [1.54, 1.807) is 36.4 Å². The highest BCUT2D eigenvalue weighted by atomic mass is 19.1. The van der Waals surface area contributed by atoms with Gasteiger partial charge in [0.1, 0.15) is 5.82 Å². The summed E-state index contributed by atoms with van der Waals surface area (Å²) in [6.07, 6.45) is 0.887. The number of halogens is 1. The summed E-state index contributed by atoms with van der Waals surface area (Å²) in [4.78, 5) is 16.2. The quantitative estimate of drug-likeness (QED) is 0.777. The molecule has 5 nitrogen and oxygen atoms in total. The van der Waals surface area contributed by atoms with Crippen molar-refractivity contribution in [3.05, 3.63) is 59.9 Å². The highest BCUT2D eigenvalue weighted by molar-refractivity contribution is 5.94. The van der Waals surface area contributed by atoms with Crippen molar-refractivity contribution in [1.29, 1.82) is 0 Å². The topological polar surface area (TPSA) is 68.0 Å². The van der Waals surface area contributed by atoms with Gasteiger partial charge in [0.05, 0.1) is 0 Å². The van der Waals surface area contributed by atoms with Crippen molar-refractivity contribution < 1.29 is 13.7 Å². The molecule has 0 atom stereocenters. The summed E-state index contributed by atoms with van der Waals surface area (Å²) in [5.74, 6) is 0.296. The molecule has 1 N–H and O–H groups in total. The van der Waals surface area contributed by atoms with Crippen LogP contribution in [0.4, 0.5) is 4.39 Å². The van der Waals surface area contributed by atoms with Crippen molar-refractivity contribution in [2.24, 2.45) is 0 Å². The van der Waals surface area contributed by atoms with Gasteiger partial charge >= 0.3 is 0 Å².